The average molecular weight is 1010 g/mol. The van der Waals surface area contributed by atoms with Gasteiger partial charge in [-0.15, -0.1) is 5.10 Å². The first-order valence-electron chi connectivity index (χ1n) is 21.0. The zero-order chi connectivity index (χ0) is 51.7. The highest BCUT2D eigenvalue weighted by Gasteiger charge is 2.39. The molecule has 1 heterocycles. The van der Waals surface area contributed by atoms with Crippen LogP contribution in [0.3, 0.4) is 0 Å². The summed E-state index contributed by atoms with van der Waals surface area (Å²) in [6, 6.07) is 29.1. The van der Waals surface area contributed by atoms with Gasteiger partial charge in [0.05, 0.1) is 64.4 Å². The Hall–Kier alpha value is -8.43. The first kappa shape index (κ1) is 52.0. The van der Waals surface area contributed by atoms with Gasteiger partial charge in [0.1, 0.15) is 41.2 Å². The smallest absolute Gasteiger partial charge is 0.425 e. The highest BCUT2D eigenvalue weighted by atomic mass is 35.5. The summed E-state index contributed by atoms with van der Waals surface area (Å²) in [5, 5.41) is 40.2. The maximum atomic E-state index is 15.0. The van der Waals surface area contributed by atoms with Crippen LogP contribution in [0.1, 0.15) is 50.7 Å². The zero-order valence-electron chi connectivity index (χ0n) is 37.8. The lowest BCUT2D eigenvalue weighted by Gasteiger charge is -2.20. The number of aromatic nitrogens is 3. The number of amides is 1. The summed E-state index contributed by atoms with van der Waals surface area (Å²) < 4.78 is 86.2. The fourth-order valence-corrected chi connectivity index (χ4v) is 7.07. The number of ether oxygens (including phenoxy) is 3. The van der Waals surface area contributed by atoms with E-state index in [-0.39, 0.29) is 28.5 Å². The van der Waals surface area contributed by atoms with E-state index in [0.29, 0.717) is 58.0 Å². The third kappa shape index (κ3) is 11.9. The molecule has 1 amide bonds. The number of methoxy groups -OCH3 is 2. The van der Waals surface area contributed by atoms with Crippen molar-refractivity contribution >= 4 is 57.9 Å². The second-order valence-electron chi connectivity index (χ2n) is 14.9. The molecule has 16 nitrogen and oxygen atoms in total. The number of nitrogens with zero attached hydrogens (tertiary/aromatic N) is 3. The molecule has 370 valence electrons. The van der Waals surface area contributed by atoms with Crippen LogP contribution in [0.2, 0.25) is 5.02 Å². The lowest BCUT2D eigenvalue weighted by Crippen LogP contribution is -2.32. The van der Waals surface area contributed by atoms with E-state index in [9.17, 15) is 52.1 Å². The number of halogens is 6. The summed E-state index contributed by atoms with van der Waals surface area (Å²) >= 11 is 5.87. The van der Waals surface area contributed by atoms with Gasteiger partial charge in [-0.05, 0) is 91.7 Å². The summed E-state index contributed by atoms with van der Waals surface area (Å²) in [5.41, 5.74) is 1.40. The fourth-order valence-electron chi connectivity index (χ4n) is 6.86. The Balaban J connectivity index is 0.000000233. The molecule has 71 heavy (non-hydrogen) atoms. The lowest BCUT2D eigenvalue weighted by atomic mass is 10.0. The van der Waals surface area contributed by atoms with Gasteiger partial charge in [-0.2, -0.15) is 17.9 Å². The van der Waals surface area contributed by atoms with Gasteiger partial charge in [0, 0.05) is 12.6 Å². The number of benzene rings is 6. The number of hydrogen-bond acceptors (Lipinski definition) is 11. The molecule has 0 unspecified atom stereocenters. The Labute approximate surface area is 405 Å². The van der Waals surface area contributed by atoms with Crippen molar-refractivity contribution in [1.82, 2.24) is 14.3 Å². The minimum atomic E-state index is -4.86. The van der Waals surface area contributed by atoms with Crippen LogP contribution >= 0.6 is 11.6 Å². The van der Waals surface area contributed by atoms with Crippen LogP contribution in [0.5, 0.6) is 17.2 Å². The van der Waals surface area contributed by atoms with Gasteiger partial charge in [0.25, 0.3) is 5.91 Å². The second-order valence-corrected chi connectivity index (χ2v) is 15.4. The molecule has 0 spiro atoms. The Bertz CT molecular complexity index is 3050. The third-order valence-electron chi connectivity index (χ3n) is 10.5. The molecule has 0 aliphatic carbocycles. The summed E-state index contributed by atoms with van der Waals surface area (Å²) in [7, 11) is 3.09. The molecule has 1 aromatic heterocycles. The van der Waals surface area contributed by atoms with Gasteiger partial charge < -0.3 is 45.5 Å². The molecule has 0 fully saturated rings. The monoisotopic (exact) mass is 1000 g/mol. The average Bonchev–Trinajstić information content (AvgIpc) is 3.67. The highest BCUT2D eigenvalue weighted by Crippen LogP contribution is 2.38. The number of anilines is 5. The topological polar surface area (TPSA) is 215 Å². The largest absolute Gasteiger partial charge is 0.495 e. The molecular formula is C49H42ClF5N6O10. The summed E-state index contributed by atoms with van der Waals surface area (Å²) in [4.78, 5) is 48.5. The fraction of sp³-hybridized carbons (Fsp3) is 0.163. The first-order chi connectivity index (χ1) is 33.8. The molecule has 0 saturated heterocycles. The number of carbonyl (C=O) groups excluding carboxylic acids is 1. The van der Waals surface area contributed by atoms with Crippen molar-refractivity contribution in [3.05, 3.63) is 165 Å². The van der Waals surface area contributed by atoms with E-state index in [4.69, 9.17) is 25.8 Å². The molecule has 22 heteroatoms. The van der Waals surface area contributed by atoms with E-state index in [1.54, 1.807) is 57.5 Å². The SMILES string of the molecule is CCn1c(CO)nn(-c2cc(O[C@@H](C)C(F)(F)F)c(C(=O)Nc3c(F)cccc3Cl)cc2F)c1=O.COc1cc(-c2ccc(Nc3ccccc3C(=O)O)c(OC)c2)ccc1Nc1ccccc1C(=O)O. The van der Waals surface area contributed by atoms with Crippen molar-refractivity contribution in [1.29, 1.82) is 0 Å². The lowest BCUT2D eigenvalue weighted by molar-refractivity contribution is -0.189. The number of carboxylic acids is 2. The van der Waals surface area contributed by atoms with Gasteiger partial charge in [-0.3, -0.25) is 9.36 Å². The predicted molar refractivity (Wildman–Crippen MR) is 253 cm³/mol. The van der Waals surface area contributed by atoms with Gasteiger partial charge in [0.15, 0.2) is 11.9 Å². The maximum absolute atomic E-state index is 15.0. The summed E-state index contributed by atoms with van der Waals surface area (Å²) in [6.45, 7) is 1.61. The van der Waals surface area contributed by atoms with Gasteiger partial charge in [-0.25, -0.2) is 23.2 Å². The molecule has 0 saturated carbocycles. The van der Waals surface area contributed by atoms with Crippen LogP contribution in [0.25, 0.3) is 16.8 Å². The zero-order valence-corrected chi connectivity index (χ0v) is 38.5. The predicted octanol–water partition coefficient (Wildman–Crippen LogP) is 10.3. The number of aromatic carboxylic acids is 2. The third-order valence-corrected chi connectivity index (χ3v) is 10.8. The molecule has 6 aromatic carbocycles. The van der Waals surface area contributed by atoms with Gasteiger partial charge >= 0.3 is 23.8 Å². The molecular weight excluding hydrogens is 963 g/mol. The van der Waals surface area contributed by atoms with E-state index < -0.39 is 76.7 Å². The molecule has 0 aliphatic heterocycles. The number of para-hydroxylation sites is 3. The van der Waals surface area contributed by atoms with Crippen molar-refractivity contribution in [2.24, 2.45) is 0 Å². The first-order valence-corrected chi connectivity index (χ1v) is 21.3. The van der Waals surface area contributed by atoms with E-state index in [0.717, 1.165) is 21.8 Å². The standard InChI is InChI=1S/C28H24N2O6.C21H18ClF5N4O4/c1-35-25-15-17(11-13-23(25)29-21-9-5-3-7-19(21)27(31)32)18-12-14-24(26(16-18)36-2)30-22-10-6-4-8-20(22)28(33)34;1-3-30-17(9-32)29-31(20(30)34)15-8-16(35-10(2)21(25,26)27)11(7-14(15)24)19(33)28-18-12(22)5-4-6-13(18)23/h3-16,29-30H,1-2H3,(H,31,32)(H,33,34);4-8,10,32H,3,9H2,1-2H3,(H,28,33)/t;10-/m.0/s1. The van der Waals surface area contributed by atoms with Crippen molar-refractivity contribution in [2.45, 2.75) is 39.3 Å². The molecule has 6 N–H and O–H groups in total. The van der Waals surface area contributed by atoms with E-state index in [1.165, 1.54) is 24.3 Å². The Kier molecular flexibility index (Phi) is 16.3. The van der Waals surface area contributed by atoms with Crippen molar-refractivity contribution in [3.8, 4) is 34.1 Å². The number of alkyl halides is 3. The Morgan fingerprint density at radius 2 is 1.25 bits per heavy atom. The van der Waals surface area contributed by atoms with Crippen molar-refractivity contribution in [3.63, 3.8) is 0 Å². The number of carbonyl (C=O) groups is 3. The van der Waals surface area contributed by atoms with E-state index in [1.807, 2.05) is 36.4 Å². The van der Waals surface area contributed by atoms with Crippen LogP contribution in [-0.2, 0) is 13.2 Å². The Morgan fingerprint density at radius 3 is 1.70 bits per heavy atom. The van der Waals surface area contributed by atoms with Crippen LogP contribution < -0.4 is 35.9 Å². The quantitative estimate of drug-likeness (QED) is 0.0498. The number of hydrogen-bond donors (Lipinski definition) is 6. The van der Waals surface area contributed by atoms with Crippen molar-refractivity contribution < 1.29 is 65.9 Å². The minimum absolute atomic E-state index is 0.0642. The summed E-state index contributed by atoms with van der Waals surface area (Å²) in [6.07, 6.45) is -7.30. The molecule has 1 atom stereocenters. The number of carboxylic acid groups (broad SMARTS) is 2. The number of rotatable bonds is 16. The van der Waals surface area contributed by atoms with Crippen LogP contribution in [0, 0.1) is 11.6 Å². The molecule has 7 aromatic rings. The molecule has 0 radical (unpaired) electrons. The molecule has 0 bridgehead atoms. The number of aliphatic hydroxyl groups is 1. The maximum Gasteiger partial charge on any atom is 0.425 e. The van der Waals surface area contributed by atoms with Crippen LogP contribution in [0.4, 0.5) is 50.4 Å². The molecule has 7 rings (SSSR count). The Morgan fingerprint density at radius 1 is 0.718 bits per heavy atom. The van der Waals surface area contributed by atoms with E-state index >= 15 is 4.39 Å². The van der Waals surface area contributed by atoms with Gasteiger partial charge in [-0.1, -0.05) is 54.1 Å². The number of nitrogens with one attached hydrogen (secondary N) is 3. The van der Waals surface area contributed by atoms with Crippen LogP contribution in [0.15, 0.2) is 120 Å². The minimum Gasteiger partial charge on any atom is -0.495 e. The van der Waals surface area contributed by atoms with Gasteiger partial charge in [0.2, 0.25) is 0 Å². The van der Waals surface area contributed by atoms with Crippen molar-refractivity contribution in [2.75, 3.05) is 30.2 Å². The summed E-state index contributed by atoms with van der Waals surface area (Å²) in [5.74, 6) is -5.28. The highest BCUT2D eigenvalue weighted by molar-refractivity contribution is 6.34. The van der Waals surface area contributed by atoms with Crippen LogP contribution in [-0.4, -0.2) is 74.0 Å². The normalized spacial score (nSPS) is 11.4. The second kappa shape index (κ2) is 22.3. The van der Waals surface area contributed by atoms with E-state index in [2.05, 4.69) is 21.0 Å². The number of aliphatic hydroxyl groups excluding tert-OH is 1. The molecule has 0 aliphatic rings.